The lowest BCUT2D eigenvalue weighted by molar-refractivity contribution is 0.623. The third-order valence-electron chi connectivity index (χ3n) is 3.03. The fourth-order valence-electron chi connectivity index (χ4n) is 2.22. The maximum Gasteiger partial charge on any atom is 0.285 e. The first-order chi connectivity index (χ1) is 8.24. The van der Waals surface area contributed by atoms with Gasteiger partial charge in [-0.1, -0.05) is 18.5 Å². The Kier molecular flexibility index (Phi) is 4.02. The molecule has 17 heavy (non-hydrogen) atoms. The van der Waals surface area contributed by atoms with Gasteiger partial charge in [0, 0.05) is 19.1 Å². The highest BCUT2D eigenvalue weighted by Crippen LogP contribution is 2.24. The summed E-state index contributed by atoms with van der Waals surface area (Å²) in [6.45, 7) is 4.95. The van der Waals surface area contributed by atoms with E-state index in [2.05, 4.69) is 27.3 Å². The lowest BCUT2D eigenvalue weighted by atomic mass is 10.2. The number of hydrogen-bond acceptors (Lipinski definition) is 4. The zero-order chi connectivity index (χ0) is 12.3. The zero-order valence-electron chi connectivity index (χ0n) is 9.87. The van der Waals surface area contributed by atoms with Gasteiger partial charge in [-0.3, -0.25) is 4.79 Å². The second-order valence-corrected chi connectivity index (χ2v) is 4.62. The molecule has 0 radical (unpaired) electrons. The van der Waals surface area contributed by atoms with E-state index in [1.807, 2.05) is 0 Å². The fourth-order valence-corrected chi connectivity index (χ4v) is 2.42. The minimum Gasteiger partial charge on any atom is -0.365 e. The smallest absolute Gasteiger partial charge is 0.285 e. The molecule has 2 heterocycles. The van der Waals surface area contributed by atoms with Crippen LogP contribution in [0.5, 0.6) is 0 Å². The molecule has 5 nitrogen and oxygen atoms in total. The molecule has 2 rings (SSSR count). The summed E-state index contributed by atoms with van der Waals surface area (Å²) in [5, 5.41) is 9.74. The van der Waals surface area contributed by atoms with Crippen LogP contribution in [0, 0.1) is 0 Å². The van der Waals surface area contributed by atoms with E-state index >= 15 is 0 Å². The molecule has 0 aliphatic carbocycles. The van der Waals surface area contributed by atoms with Gasteiger partial charge in [-0.15, -0.1) is 0 Å². The van der Waals surface area contributed by atoms with E-state index in [0.29, 0.717) is 6.04 Å². The van der Waals surface area contributed by atoms with Gasteiger partial charge in [0.1, 0.15) is 5.02 Å². The quantitative estimate of drug-likeness (QED) is 0.844. The van der Waals surface area contributed by atoms with Crippen LogP contribution in [0.2, 0.25) is 5.02 Å². The van der Waals surface area contributed by atoms with Crippen molar-refractivity contribution in [3.63, 3.8) is 0 Å². The molecule has 6 heteroatoms. The Labute approximate surface area is 105 Å². The minimum absolute atomic E-state index is 0.236. The third-order valence-corrected chi connectivity index (χ3v) is 3.39. The molecule has 0 aromatic carbocycles. The van der Waals surface area contributed by atoms with E-state index in [9.17, 15) is 4.79 Å². The van der Waals surface area contributed by atoms with Crippen molar-refractivity contribution in [2.75, 3.05) is 24.5 Å². The predicted molar refractivity (Wildman–Crippen MR) is 68.8 cm³/mol. The molecule has 1 atom stereocenters. The Hall–Kier alpha value is -1.07. The first kappa shape index (κ1) is 12.4. The SMILES string of the molecule is CCCN(c1cn[nH]c(=O)c1Cl)C1CCNC1. The largest absolute Gasteiger partial charge is 0.365 e. The molecule has 1 unspecified atom stereocenters. The van der Waals surface area contributed by atoms with E-state index in [-0.39, 0.29) is 10.6 Å². The molecule has 0 spiro atoms. The Bertz CT molecular complexity index is 428. The maximum absolute atomic E-state index is 11.5. The summed E-state index contributed by atoms with van der Waals surface area (Å²) < 4.78 is 0. The van der Waals surface area contributed by atoms with E-state index < -0.39 is 0 Å². The highest BCUT2D eigenvalue weighted by molar-refractivity contribution is 6.33. The molecule has 0 saturated carbocycles. The molecule has 1 aromatic rings. The molecule has 1 aromatic heterocycles. The van der Waals surface area contributed by atoms with Gasteiger partial charge in [-0.25, -0.2) is 5.10 Å². The van der Waals surface area contributed by atoms with E-state index in [4.69, 9.17) is 11.6 Å². The molecular formula is C11H17ClN4O. The van der Waals surface area contributed by atoms with Crippen LogP contribution in [0.25, 0.3) is 0 Å². The zero-order valence-corrected chi connectivity index (χ0v) is 10.6. The Morgan fingerprint density at radius 2 is 2.47 bits per heavy atom. The molecule has 94 valence electrons. The number of aromatic nitrogens is 2. The monoisotopic (exact) mass is 256 g/mol. The first-order valence-electron chi connectivity index (χ1n) is 5.94. The Morgan fingerprint density at radius 1 is 1.65 bits per heavy atom. The standard InChI is InChI=1S/C11H17ClN4O/c1-2-5-16(8-3-4-13-6-8)9-7-14-15-11(17)10(9)12/h7-8,13H,2-6H2,1H3,(H,15,17). The Morgan fingerprint density at radius 3 is 3.12 bits per heavy atom. The van der Waals surface area contributed by atoms with Crippen LogP contribution in [0.3, 0.4) is 0 Å². The normalized spacial score (nSPS) is 19.5. The van der Waals surface area contributed by atoms with Crippen LogP contribution in [-0.4, -0.2) is 35.9 Å². The van der Waals surface area contributed by atoms with Gasteiger partial charge in [0.05, 0.1) is 11.9 Å². The van der Waals surface area contributed by atoms with Crippen molar-refractivity contribution < 1.29 is 0 Å². The second kappa shape index (κ2) is 5.51. The van der Waals surface area contributed by atoms with Crippen LogP contribution in [0.15, 0.2) is 11.0 Å². The van der Waals surface area contributed by atoms with Crippen molar-refractivity contribution >= 4 is 17.3 Å². The molecule has 2 N–H and O–H groups in total. The lowest BCUT2D eigenvalue weighted by Gasteiger charge is -2.30. The summed E-state index contributed by atoms with van der Waals surface area (Å²) in [5.74, 6) is 0. The average molecular weight is 257 g/mol. The number of rotatable bonds is 4. The van der Waals surface area contributed by atoms with Crippen LogP contribution in [-0.2, 0) is 0 Å². The summed E-state index contributed by atoms with van der Waals surface area (Å²) in [7, 11) is 0. The van der Waals surface area contributed by atoms with Gasteiger partial charge in [0.25, 0.3) is 5.56 Å². The highest BCUT2D eigenvalue weighted by Gasteiger charge is 2.24. The van der Waals surface area contributed by atoms with Crippen molar-refractivity contribution in [3.05, 3.63) is 21.6 Å². The maximum atomic E-state index is 11.5. The van der Waals surface area contributed by atoms with Crippen molar-refractivity contribution in [2.45, 2.75) is 25.8 Å². The van der Waals surface area contributed by atoms with Gasteiger partial charge in [-0.2, -0.15) is 5.10 Å². The average Bonchev–Trinajstić information content (AvgIpc) is 2.84. The topological polar surface area (TPSA) is 61.0 Å². The van der Waals surface area contributed by atoms with Crippen molar-refractivity contribution in [1.82, 2.24) is 15.5 Å². The summed E-state index contributed by atoms with van der Waals surface area (Å²) in [6, 6.07) is 0.399. The van der Waals surface area contributed by atoms with Crippen LogP contribution < -0.4 is 15.8 Å². The lowest BCUT2D eigenvalue weighted by Crippen LogP contribution is -2.38. The molecule has 0 amide bonds. The van der Waals surface area contributed by atoms with E-state index in [1.165, 1.54) is 0 Å². The van der Waals surface area contributed by atoms with Crippen LogP contribution in [0.4, 0.5) is 5.69 Å². The number of aromatic amines is 1. The molecule has 1 fully saturated rings. The molecule has 1 saturated heterocycles. The number of H-pyrrole nitrogens is 1. The summed E-state index contributed by atoms with van der Waals surface area (Å²) in [6.07, 6.45) is 3.72. The molecule has 1 aliphatic heterocycles. The van der Waals surface area contributed by atoms with Crippen LogP contribution >= 0.6 is 11.6 Å². The van der Waals surface area contributed by atoms with Gasteiger partial charge < -0.3 is 10.2 Å². The van der Waals surface area contributed by atoms with Gasteiger partial charge >= 0.3 is 0 Å². The molecular weight excluding hydrogens is 240 g/mol. The highest BCUT2D eigenvalue weighted by atomic mass is 35.5. The van der Waals surface area contributed by atoms with Gasteiger partial charge in [0.15, 0.2) is 0 Å². The van der Waals surface area contributed by atoms with Gasteiger partial charge in [0.2, 0.25) is 0 Å². The van der Waals surface area contributed by atoms with E-state index in [1.54, 1.807) is 6.20 Å². The van der Waals surface area contributed by atoms with Gasteiger partial charge in [-0.05, 0) is 19.4 Å². The molecule has 1 aliphatic rings. The Balaban J connectivity index is 2.31. The summed E-state index contributed by atoms with van der Waals surface area (Å²) in [5.41, 5.74) is 0.419. The van der Waals surface area contributed by atoms with Crippen molar-refractivity contribution in [3.8, 4) is 0 Å². The summed E-state index contributed by atoms with van der Waals surface area (Å²) >= 11 is 6.06. The predicted octanol–water partition coefficient (Wildman–Crippen LogP) is 1.00. The minimum atomic E-state index is -0.323. The van der Waals surface area contributed by atoms with Crippen molar-refractivity contribution in [1.29, 1.82) is 0 Å². The number of anilines is 1. The summed E-state index contributed by atoms with van der Waals surface area (Å²) in [4.78, 5) is 13.7. The number of hydrogen-bond donors (Lipinski definition) is 2. The second-order valence-electron chi connectivity index (χ2n) is 4.24. The van der Waals surface area contributed by atoms with E-state index in [0.717, 1.165) is 38.2 Å². The number of halogens is 1. The third kappa shape index (κ3) is 2.61. The number of nitrogens with one attached hydrogen (secondary N) is 2. The molecule has 0 bridgehead atoms. The number of nitrogens with zero attached hydrogens (tertiary/aromatic N) is 2. The first-order valence-corrected chi connectivity index (χ1v) is 6.32. The van der Waals surface area contributed by atoms with Crippen molar-refractivity contribution in [2.24, 2.45) is 0 Å². The van der Waals surface area contributed by atoms with Crippen LogP contribution in [0.1, 0.15) is 19.8 Å². The fraction of sp³-hybridized carbons (Fsp3) is 0.636.